The van der Waals surface area contributed by atoms with Crippen molar-refractivity contribution in [2.24, 2.45) is 0 Å². The van der Waals surface area contributed by atoms with Gasteiger partial charge in [0, 0.05) is 33.6 Å². The predicted molar refractivity (Wildman–Crippen MR) is 113 cm³/mol. The number of aromatic amines is 2. The molecule has 2 heterocycles. The average molecular weight is 389 g/mol. The van der Waals surface area contributed by atoms with Gasteiger partial charge in [-0.15, -0.1) is 0 Å². The van der Waals surface area contributed by atoms with E-state index < -0.39 is 0 Å². The van der Waals surface area contributed by atoms with Gasteiger partial charge < -0.3 is 24.8 Å². The number of benzene rings is 2. The maximum atomic E-state index is 13.0. The fraction of sp³-hybridized carbons (Fsp3) is 0.261. The van der Waals surface area contributed by atoms with Crippen molar-refractivity contribution in [3.05, 3.63) is 59.4 Å². The van der Waals surface area contributed by atoms with Crippen molar-refractivity contribution in [2.45, 2.75) is 25.3 Å². The Kier molecular flexibility index (Phi) is 4.19. The van der Waals surface area contributed by atoms with E-state index in [1.807, 2.05) is 24.3 Å². The molecule has 3 N–H and O–H groups in total. The Morgan fingerprint density at radius 3 is 2.66 bits per heavy atom. The van der Waals surface area contributed by atoms with Crippen LogP contribution in [0.15, 0.2) is 42.5 Å². The van der Waals surface area contributed by atoms with Crippen molar-refractivity contribution in [3.8, 4) is 11.5 Å². The maximum absolute atomic E-state index is 13.0. The van der Waals surface area contributed by atoms with Gasteiger partial charge in [-0.3, -0.25) is 4.79 Å². The van der Waals surface area contributed by atoms with Crippen molar-refractivity contribution < 1.29 is 14.3 Å². The highest BCUT2D eigenvalue weighted by molar-refractivity contribution is 5.99. The second kappa shape index (κ2) is 6.88. The lowest BCUT2D eigenvalue weighted by Crippen LogP contribution is -2.31. The minimum Gasteiger partial charge on any atom is -0.493 e. The second-order valence-electron chi connectivity index (χ2n) is 7.46. The van der Waals surface area contributed by atoms with Gasteiger partial charge in [-0.1, -0.05) is 18.2 Å². The van der Waals surface area contributed by atoms with E-state index in [0.717, 1.165) is 41.4 Å². The zero-order valence-electron chi connectivity index (χ0n) is 16.5. The number of hydrogen-bond acceptors (Lipinski definition) is 3. The Balaban J connectivity index is 1.45. The van der Waals surface area contributed by atoms with Gasteiger partial charge in [0.25, 0.3) is 5.91 Å². The lowest BCUT2D eigenvalue weighted by molar-refractivity contribution is 0.0927. The number of ether oxygens (including phenoxy) is 2. The van der Waals surface area contributed by atoms with E-state index in [9.17, 15) is 4.79 Å². The summed E-state index contributed by atoms with van der Waals surface area (Å²) in [6.07, 6.45) is 3.02. The van der Waals surface area contributed by atoms with Gasteiger partial charge >= 0.3 is 0 Å². The molecule has 0 fully saturated rings. The molecule has 4 aromatic rings. The van der Waals surface area contributed by atoms with Crippen LogP contribution in [-0.4, -0.2) is 30.1 Å². The van der Waals surface area contributed by atoms with Crippen molar-refractivity contribution >= 4 is 27.7 Å². The molecule has 0 radical (unpaired) electrons. The SMILES string of the molecule is COc1cc2cc(C(=O)N[C@@H]3CCCc4c3[nH]c3ccccc43)[nH]c2cc1OC. The van der Waals surface area contributed by atoms with E-state index in [-0.39, 0.29) is 11.9 Å². The topological polar surface area (TPSA) is 79.1 Å². The molecule has 2 aromatic carbocycles. The molecular formula is C23H23N3O3. The van der Waals surface area contributed by atoms with E-state index in [0.29, 0.717) is 17.2 Å². The van der Waals surface area contributed by atoms with Crippen LogP contribution in [-0.2, 0) is 6.42 Å². The lowest BCUT2D eigenvalue weighted by atomic mass is 9.91. The number of carbonyl (C=O) groups excluding carboxylic acids is 1. The van der Waals surface area contributed by atoms with Crippen LogP contribution in [0.4, 0.5) is 0 Å². The molecule has 29 heavy (non-hydrogen) atoms. The van der Waals surface area contributed by atoms with E-state index in [1.165, 1.54) is 10.9 Å². The predicted octanol–water partition coefficient (Wildman–Crippen LogP) is 4.47. The number of H-pyrrole nitrogens is 2. The molecule has 5 rings (SSSR count). The normalized spacial score (nSPS) is 16.0. The molecule has 0 aliphatic heterocycles. The summed E-state index contributed by atoms with van der Waals surface area (Å²) in [5, 5.41) is 5.37. The van der Waals surface area contributed by atoms with Crippen LogP contribution in [0.1, 0.15) is 40.6 Å². The van der Waals surface area contributed by atoms with Gasteiger partial charge in [-0.25, -0.2) is 0 Å². The number of amides is 1. The molecule has 2 aromatic heterocycles. The summed E-state index contributed by atoms with van der Waals surface area (Å²) >= 11 is 0. The van der Waals surface area contributed by atoms with Crippen LogP contribution in [0.2, 0.25) is 0 Å². The smallest absolute Gasteiger partial charge is 0.268 e. The molecule has 0 unspecified atom stereocenters. The number of rotatable bonds is 4. The van der Waals surface area contributed by atoms with Gasteiger partial charge in [0.2, 0.25) is 0 Å². The minimum atomic E-state index is -0.115. The summed E-state index contributed by atoms with van der Waals surface area (Å²) in [4.78, 5) is 19.7. The number of nitrogens with one attached hydrogen (secondary N) is 3. The zero-order chi connectivity index (χ0) is 20.0. The Morgan fingerprint density at radius 1 is 1.03 bits per heavy atom. The molecular weight excluding hydrogens is 366 g/mol. The molecule has 0 spiro atoms. The molecule has 1 atom stereocenters. The number of aryl methyl sites for hydroxylation is 1. The van der Waals surface area contributed by atoms with Crippen molar-refractivity contribution in [2.75, 3.05) is 14.2 Å². The van der Waals surface area contributed by atoms with Crippen LogP contribution in [0.5, 0.6) is 11.5 Å². The molecule has 1 aliphatic carbocycles. The fourth-order valence-corrected chi connectivity index (χ4v) is 4.38. The molecule has 0 saturated heterocycles. The maximum Gasteiger partial charge on any atom is 0.268 e. The van der Waals surface area contributed by atoms with E-state index in [1.54, 1.807) is 14.2 Å². The third kappa shape index (κ3) is 2.92. The van der Waals surface area contributed by atoms with Crippen LogP contribution in [0, 0.1) is 0 Å². The standard InChI is InChI=1S/C23H23N3O3/c1-28-20-11-13-10-19(24-18(13)12-21(20)29-2)23(27)26-17-9-5-7-15-14-6-3-4-8-16(14)25-22(15)17/h3-4,6,8,10-12,17,24-25H,5,7,9H2,1-2H3,(H,26,27)/t17-/m1/s1. The number of aromatic nitrogens is 2. The minimum absolute atomic E-state index is 0.0193. The highest BCUT2D eigenvalue weighted by Crippen LogP contribution is 2.35. The summed E-state index contributed by atoms with van der Waals surface area (Å²) in [5.41, 5.74) is 4.94. The highest BCUT2D eigenvalue weighted by atomic mass is 16.5. The monoisotopic (exact) mass is 389 g/mol. The van der Waals surface area contributed by atoms with E-state index >= 15 is 0 Å². The summed E-state index contributed by atoms with van der Waals surface area (Å²) in [7, 11) is 3.20. The molecule has 148 valence electrons. The van der Waals surface area contributed by atoms with Gasteiger partial charge in [0.1, 0.15) is 5.69 Å². The lowest BCUT2D eigenvalue weighted by Gasteiger charge is -2.23. The summed E-state index contributed by atoms with van der Waals surface area (Å²) < 4.78 is 10.7. The Bertz CT molecular complexity index is 1180. The molecule has 1 aliphatic rings. The number of para-hydroxylation sites is 1. The molecule has 6 nitrogen and oxygen atoms in total. The van der Waals surface area contributed by atoms with Crippen molar-refractivity contribution in [1.29, 1.82) is 0 Å². The fourth-order valence-electron chi connectivity index (χ4n) is 4.38. The third-order valence-electron chi connectivity index (χ3n) is 5.79. The van der Waals surface area contributed by atoms with Gasteiger partial charge in [0.15, 0.2) is 11.5 Å². The Labute approximate surface area is 168 Å². The molecule has 0 saturated carbocycles. The van der Waals surface area contributed by atoms with Gasteiger partial charge in [-0.2, -0.15) is 0 Å². The largest absolute Gasteiger partial charge is 0.493 e. The van der Waals surface area contributed by atoms with Crippen LogP contribution >= 0.6 is 0 Å². The van der Waals surface area contributed by atoms with E-state index in [4.69, 9.17) is 9.47 Å². The number of carbonyl (C=O) groups is 1. The first kappa shape index (κ1) is 17.7. The first-order chi connectivity index (χ1) is 14.2. The first-order valence-corrected chi connectivity index (χ1v) is 9.83. The molecule has 1 amide bonds. The van der Waals surface area contributed by atoms with Gasteiger partial charge in [0.05, 0.1) is 20.3 Å². The van der Waals surface area contributed by atoms with Crippen LogP contribution in [0.25, 0.3) is 21.8 Å². The zero-order valence-corrected chi connectivity index (χ0v) is 16.5. The second-order valence-corrected chi connectivity index (χ2v) is 7.46. The molecule has 0 bridgehead atoms. The number of fused-ring (bicyclic) bond motifs is 4. The van der Waals surface area contributed by atoms with Crippen molar-refractivity contribution in [3.63, 3.8) is 0 Å². The summed E-state index contributed by atoms with van der Waals surface area (Å²) in [6.45, 7) is 0. The Hall–Kier alpha value is -3.41. The van der Waals surface area contributed by atoms with E-state index in [2.05, 4.69) is 33.5 Å². The highest BCUT2D eigenvalue weighted by Gasteiger charge is 2.26. The van der Waals surface area contributed by atoms with Crippen LogP contribution < -0.4 is 14.8 Å². The number of methoxy groups -OCH3 is 2. The van der Waals surface area contributed by atoms with Gasteiger partial charge in [-0.05, 0) is 43.0 Å². The number of hydrogen-bond donors (Lipinski definition) is 3. The first-order valence-electron chi connectivity index (χ1n) is 9.83. The summed E-state index contributed by atoms with van der Waals surface area (Å²) in [5.74, 6) is 1.15. The molecule has 6 heteroatoms. The third-order valence-corrected chi connectivity index (χ3v) is 5.79. The summed E-state index contributed by atoms with van der Waals surface area (Å²) in [6, 6.07) is 13.9. The van der Waals surface area contributed by atoms with Crippen LogP contribution in [0.3, 0.4) is 0 Å². The van der Waals surface area contributed by atoms with Crippen molar-refractivity contribution in [1.82, 2.24) is 15.3 Å². The Morgan fingerprint density at radius 2 is 1.83 bits per heavy atom. The quantitative estimate of drug-likeness (QED) is 0.482. The average Bonchev–Trinajstić information content (AvgIpc) is 3.34.